The average molecular weight is 270 g/mol. The summed E-state index contributed by atoms with van der Waals surface area (Å²) in [5.74, 6) is -0.00276. The quantitative estimate of drug-likeness (QED) is 0.840. The van der Waals surface area contributed by atoms with E-state index in [9.17, 15) is 4.79 Å². The predicted octanol–water partition coefficient (Wildman–Crippen LogP) is 1.83. The molecule has 1 saturated heterocycles. The van der Waals surface area contributed by atoms with Crippen molar-refractivity contribution in [1.82, 2.24) is 4.90 Å². The van der Waals surface area contributed by atoms with Crippen molar-refractivity contribution < 1.29 is 14.3 Å². The van der Waals surface area contributed by atoms with Crippen molar-refractivity contribution in [1.29, 1.82) is 0 Å². The Labute approximate surface area is 111 Å². The highest BCUT2D eigenvalue weighted by Gasteiger charge is 2.27. The van der Waals surface area contributed by atoms with Gasteiger partial charge in [-0.1, -0.05) is 11.6 Å². The van der Waals surface area contributed by atoms with Crippen molar-refractivity contribution in [2.75, 3.05) is 33.5 Å². The summed E-state index contributed by atoms with van der Waals surface area (Å²) in [7, 11) is 1.62. The van der Waals surface area contributed by atoms with Crippen molar-refractivity contribution in [3.8, 4) is 0 Å². The normalized spacial score (nSPS) is 19.9. The highest BCUT2D eigenvalue weighted by molar-refractivity contribution is 6.30. The molecule has 0 spiro atoms. The van der Waals surface area contributed by atoms with Crippen molar-refractivity contribution in [2.45, 2.75) is 6.04 Å². The number of morpholine rings is 1. The molecule has 98 valence electrons. The van der Waals surface area contributed by atoms with E-state index in [-0.39, 0.29) is 11.9 Å². The maximum atomic E-state index is 12.4. The Hall–Kier alpha value is -1.10. The van der Waals surface area contributed by atoms with Gasteiger partial charge in [0.25, 0.3) is 5.91 Å². The lowest BCUT2D eigenvalue weighted by Gasteiger charge is -2.35. The lowest BCUT2D eigenvalue weighted by atomic mass is 10.1. The van der Waals surface area contributed by atoms with Crippen LogP contribution in [-0.2, 0) is 9.47 Å². The molecule has 1 amide bonds. The van der Waals surface area contributed by atoms with Gasteiger partial charge < -0.3 is 14.4 Å². The molecule has 0 aliphatic carbocycles. The van der Waals surface area contributed by atoms with E-state index in [0.717, 1.165) is 0 Å². The molecule has 0 N–H and O–H groups in total. The van der Waals surface area contributed by atoms with E-state index in [0.29, 0.717) is 37.0 Å². The van der Waals surface area contributed by atoms with E-state index in [4.69, 9.17) is 21.1 Å². The van der Waals surface area contributed by atoms with Crippen LogP contribution in [-0.4, -0.2) is 50.3 Å². The first-order chi connectivity index (χ1) is 8.72. The minimum atomic E-state index is -0.0214. The van der Waals surface area contributed by atoms with E-state index in [2.05, 4.69) is 0 Å². The molecular weight excluding hydrogens is 254 g/mol. The maximum absolute atomic E-state index is 12.4. The van der Waals surface area contributed by atoms with Gasteiger partial charge in [0.15, 0.2) is 0 Å². The van der Waals surface area contributed by atoms with Gasteiger partial charge in [0, 0.05) is 24.2 Å². The molecule has 0 saturated carbocycles. The second kappa shape index (κ2) is 6.18. The van der Waals surface area contributed by atoms with E-state index < -0.39 is 0 Å². The van der Waals surface area contributed by atoms with Crippen LogP contribution in [0.1, 0.15) is 10.4 Å². The second-order valence-corrected chi connectivity index (χ2v) is 4.63. The predicted molar refractivity (Wildman–Crippen MR) is 69.0 cm³/mol. The molecule has 5 heteroatoms. The van der Waals surface area contributed by atoms with Crippen molar-refractivity contribution in [2.24, 2.45) is 0 Å². The van der Waals surface area contributed by atoms with E-state index in [1.807, 2.05) is 0 Å². The number of halogens is 1. The maximum Gasteiger partial charge on any atom is 0.254 e. The molecule has 0 bridgehead atoms. The zero-order valence-corrected chi connectivity index (χ0v) is 11.0. The fraction of sp³-hybridized carbons (Fsp3) is 0.462. The van der Waals surface area contributed by atoms with Gasteiger partial charge in [0.1, 0.15) is 0 Å². The Morgan fingerprint density at radius 3 is 2.89 bits per heavy atom. The lowest BCUT2D eigenvalue weighted by molar-refractivity contribution is -0.0251. The Bertz CT molecular complexity index is 405. The summed E-state index contributed by atoms with van der Waals surface area (Å²) >= 11 is 5.82. The third kappa shape index (κ3) is 3.02. The zero-order valence-electron chi connectivity index (χ0n) is 10.3. The molecule has 1 aromatic carbocycles. The highest BCUT2D eigenvalue weighted by atomic mass is 35.5. The van der Waals surface area contributed by atoms with Gasteiger partial charge in [-0.15, -0.1) is 0 Å². The summed E-state index contributed by atoms with van der Waals surface area (Å²) in [6.07, 6.45) is 0. The number of carbonyl (C=O) groups excluding carboxylic acids is 1. The molecule has 1 unspecified atom stereocenters. The molecule has 2 rings (SSSR count). The molecule has 1 fully saturated rings. The minimum absolute atomic E-state index is 0.00276. The summed E-state index contributed by atoms with van der Waals surface area (Å²) in [5.41, 5.74) is 0.641. The van der Waals surface area contributed by atoms with E-state index >= 15 is 0 Å². The molecule has 4 nitrogen and oxygen atoms in total. The molecular formula is C13H16ClNO3. The van der Waals surface area contributed by atoms with Crippen molar-refractivity contribution in [3.63, 3.8) is 0 Å². The molecule has 1 aromatic rings. The highest BCUT2D eigenvalue weighted by Crippen LogP contribution is 2.15. The molecule has 1 heterocycles. The molecule has 0 radical (unpaired) electrons. The van der Waals surface area contributed by atoms with Crippen LogP contribution in [0.15, 0.2) is 24.3 Å². The number of nitrogens with zero attached hydrogens (tertiary/aromatic N) is 1. The topological polar surface area (TPSA) is 38.8 Å². The first-order valence-corrected chi connectivity index (χ1v) is 6.23. The molecule has 1 aliphatic rings. The Morgan fingerprint density at radius 1 is 1.50 bits per heavy atom. The number of amides is 1. The summed E-state index contributed by atoms with van der Waals surface area (Å²) in [6.45, 7) is 2.17. The van der Waals surface area contributed by atoms with Gasteiger partial charge in [-0.2, -0.15) is 0 Å². The second-order valence-electron chi connectivity index (χ2n) is 4.19. The van der Waals surface area contributed by atoms with Crippen molar-refractivity contribution in [3.05, 3.63) is 34.9 Å². The number of carbonyl (C=O) groups is 1. The Morgan fingerprint density at radius 2 is 2.22 bits per heavy atom. The summed E-state index contributed by atoms with van der Waals surface area (Å²) in [4.78, 5) is 14.2. The number of methoxy groups -OCH3 is 1. The first-order valence-electron chi connectivity index (χ1n) is 5.85. The van der Waals surface area contributed by atoms with Gasteiger partial charge in [-0.25, -0.2) is 0 Å². The average Bonchev–Trinajstić information content (AvgIpc) is 2.40. The molecule has 1 aliphatic heterocycles. The van der Waals surface area contributed by atoms with Crippen LogP contribution in [0.4, 0.5) is 0 Å². The van der Waals surface area contributed by atoms with Crippen molar-refractivity contribution >= 4 is 17.5 Å². The standard InChI is InChI=1S/C13H16ClNO3/c1-17-8-12-9-18-7-6-15(12)13(16)10-2-4-11(14)5-3-10/h2-5,12H,6-9H2,1H3. The van der Waals surface area contributed by atoms with Gasteiger partial charge in [0.2, 0.25) is 0 Å². The number of hydrogen-bond acceptors (Lipinski definition) is 3. The smallest absolute Gasteiger partial charge is 0.254 e. The van der Waals surface area contributed by atoms with Gasteiger partial charge in [0.05, 0.1) is 25.9 Å². The van der Waals surface area contributed by atoms with Gasteiger partial charge in [-0.05, 0) is 24.3 Å². The molecule has 0 aromatic heterocycles. The van der Waals surface area contributed by atoms with Gasteiger partial charge >= 0.3 is 0 Å². The SMILES string of the molecule is COCC1COCCN1C(=O)c1ccc(Cl)cc1. The van der Waals surface area contributed by atoms with Crippen LogP contribution >= 0.6 is 11.6 Å². The number of hydrogen-bond donors (Lipinski definition) is 0. The van der Waals surface area contributed by atoms with Gasteiger partial charge in [-0.3, -0.25) is 4.79 Å². The summed E-state index contributed by atoms with van der Waals surface area (Å²) in [5, 5.41) is 0.627. The van der Waals surface area contributed by atoms with Crippen LogP contribution in [0.3, 0.4) is 0 Å². The summed E-state index contributed by atoms with van der Waals surface area (Å²) in [6, 6.07) is 6.90. The van der Waals surface area contributed by atoms with Crippen LogP contribution in [0.2, 0.25) is 5.02 Å². The minimum Gasteiger partial charge on any atom is -0.382 e. The number of benzene rings is 1. The Balaban J connectivity index is 2.12. The van der Waals surface area contributed by atoms with Crippen LogP contribution in [0.5, 0.6) is 0 Å². The number of rotatable bonds is 3. The Kier molecular flexibility index (Phi) is 4.58. The first kappa shape index (κ1) is 13.3. The fourth-order valence-corrected chi connectivity index (χ4v) is 2.14. The largest absolute Gasteiger partial charge is 0.382 e. The third-order valence-corrected chi connectivity index (χ3v) is 3.19. The molecule has 1 atom stereocenters. The third-order valence-electron chi connectivity index (χ3n) is 2.94. The number of ether oxygens (including phenoxy) is 2. The van der Waals surface area contributed by atoms with E-state index in [1.54, 1.807) is 36.3 Å². The zero-order chi connectivity index (χ0) is 13.0. The van der Waals surface area contributed by atoms with E-state index in [1.165, 1.54) is 0 Å². The molecule has 18 heavy (non-hydrogen) atoms. The lowest BCUT2D eigenvalue weighted by Crippen LogP contribution is -2.50. The fourth-order valence-electron chi connectivity index (χ4n) is 2.01. The monoisotopic (exact) mass is 269 g/mol. The van der Waals surface area contributed by atoms with Crippen LogP contribution in [0, 0.1) is 0 Å². The van der Waals surface area contributed by atoms with Crippen LogP contribution < -0.4 is 0 Å². The summed E-state index contributed by atoms with van der Waals surface area (Å²) < 4.78 is 10.5. The van der Waals surface area contributed by atoms with Crippen LogP contribution in [0.25, 0.3) is 0 Å².